The van der Waals surface area contributed by atoms with Gasteiger partial charge in [0.1, 0.15) is 21.3 Å². The van der Waals surface area contributed by atoms with Crippen molar-refractivity contribution in [3.8, 4) is 28.3 Å². The number of pyridine rings is 1. The molecule has 0 unspecified atom stereocenters. The maximum Gasteiger partial charge on any atom is 0.280 e. The summed E-state index contributed by atoms with van der Waals surface area (Å²) >= 11 is 0. The number of hydrogen-bond donors (Lipinski definition) is 1. The lowest BCUT2D eigenvalue weighted by atomic mass is 9.99. The summed E-state index contributed by atoms with van der Waals surface area (Å²) in [5, 5.41) is 0. The number of hydrogen-bond acceptors (Lipinski definition) is 7. The van der Waals surface area contributed by atoms with E-state index in [-0.39, 0.29) is 47.6 Å². The fourth-order valence-corrected chi connectivity index (χ4v) is 4.83. The van der Waals surface area contributed by atoms with E-state index in [1.807, 2.05) is 0 Å². The molecule has 3 rings (SSSR count). The molecule has 3 aromatic rings. The smallest absolute Gasteiger partial charge is 0.280 e. The predicted molar refractivity (Wildman–Crippen MR) is 124 cm³/mol. The number of alkyl halides is 2. The van der Waals surface area contributed by atoms with Crippen LogP contribution in [0.4, 0.5) is 19.1 Å². The van der Waals surface area contributed by atoms with Crippen LogP contribution in [0.25, 0.3) is 22.4 Å². The standard InChI is InChI=1S/C23H25F3N4O3S/c1-3-10-34(31,32)11-4-9-33-22-19(16-12-14(2)28-18(13-16)21(25)26)20(29-23(27)30-22)15-5-7-17(24)8-6-15/h5-8,12-13,21H,3-4,9-11H2,1-2H3,(H2,27,29,30). The number of aromatic nitrogens is 3. The van der Waals surface area contributed by atoms with Crippen molar-refractivity contribution in [1.82, 2.24) is 15.0 Å². The summed E-state index contributed by atoms with van der Waals surface area (Å²) in [6, 6.07) is 8.20. The van der Waals surface area contributed by atoms with Gasteiger partial charge >= 0.3 is 0 Å². The number of benzene rings is 1. The predicted octanol–water partition coefficient (Wildman–Crippen LogP) is 4.77. The molecular formula is C23H25F3N4O3S. The molecule has 11 heteroatoms. The Bertz CT molecular complexity index is 1250. The molecule has 0 amide bonds. The van der Waals surface area contributed by atoms with E-state index in [1.54, 1.807) is 19.9 Å². The fraction of sp³-hybridized carbons (Fsp3) is 0.348. The number of nitrogens with two attached hydrogens (primary N) is 1. The summed E-state index contributed by atoms with van der Waals surface area (Å²) in [7, 11) is -3.20. The fourth-order valence-electron chi connectivity index (χ4n) is 3.45. The van der Waals surface area contributed by atoms with Crippen molar-refractivity contribution in [2.24, 2.45) is 0 Å². The molecule has 0 aliphatic heterocycles. The van der Waals surface area contributed by atoms with Crippen molar-refractivity contribution in [3.05, 3.63) is 53.6 Å². The molecule has 0 spiro atoms. The van der Waals surface area contributed by atoms with E-state index in [1.165, 1.54) is 30.3 Å². The molecular weight excluding hydrogens is 469 g/mol. The second-order valence-electron chi connectivity index (χ2n) is 7.69. The first-order valence-electron chi connectivity index (χ1n) is 10.6. The Kier molecular flexibility index (Phi) is 8.08. The van der Waals surface area contributed by atoms with E-state index >= 15 is 0 Å². The highest BCUT2D eigenvalue weighted by molar-refractivity contribution is 7.91. The first-order chi connectivity index (χ1) is 16.1. The summed E-state index contributed by atoms with van der Waals surface area (Å²) in [5.41, 5.74) is 7.10. The van der Waals surface area contributed by atoms with Gasteiger partial charge in [0.15, 0.2) is 0 Å². The Hall–Kier alpha value is -3.21. The summed E-state index contributed by atoms with van der Waals surface area (Å²) in [5.74, 6) is -0.579. The van der Waals surface area contributed by atoms with Gasteiger partial charge < -0.3 is 10.5 Å². The number of halogens is 3. The quantitative estimate of drug-likeness (QED) is 0.405. The largest absolute Gasteiger partial charge is 0.477 e. The van der Waals surface area contributed by atoms with Gasteiger partial charge in [-0.15, -0.1) is 0 Å². The van der Waals surface area contributed by atoms with Gasteiger partial charge in [-0.3, -0.25) is 4.98 Å². The highest BCUT2D eigenvalue weighted by atomic mass is 32.2. The Labute approximate surface area is 196 Å². The first-order valence-corrected chi connectivity index (χ1v) is 12.5. The molecule has 0 fully saturated rings. The molecule has 0 aliphatic carbocycles. The van der Waals surface area contributed by atoms with Gasteiger partial charge in [-0.25, -0.2) is 26.6 Å². The maximum atomic E-state index is 13.5. The summed E-state index contributed by atoms with van der Waals surface area (Å²) in [6.07, 6.45) is -2.09. The molecule has 0 aliphatic rings. The van der Waals surface area contributed by atoms with E-state index in [9.17, 15) is 21.6 Å². The lowest BCUT2D eigenvalue weighted by Crippen LogP contribution is -2.14. The Morgan fingerprint density at radius 1 is 1.03 bits per heavy atom. The van der Waals surface area contributed by atoms with Crippen LogP contribution in [0.15, 0.2) is 36.4 Å². The third kappa shape index (κ3) is 6.43. The van der Waals surface area contributed by atoms with Crippen molar-refractivity contribution in [1.29, 1.82) is 0 Å². The third-order valence-electron chi connectivity index (χ3n) is 4.85. The van der Waals surface area contributed by atoms with Crippen LogP contribution in [0, 0.1) is 12.7 Å². The molecule has 182 valence electrons. The van der Waals surface area contributed by atoms with Crippen LogP contribution in [-0.2, 0) is 9.84 Å². The third-order valence-corrected chi connectivity index (χ3v) is 6.79. The average Bonchev–Trinajstić information content (AvgIpc) is 2.76. The van der Waals surface area contributed by atoms with Gasteiger partial charge in [0.05, 0.1) is 23.6 Å². The van der Waals surface area contributed by atoms with Crippen LogP contribution < -0.4 is 10.5 Å². The number of rotatable bonds is 10. The topological polar surface area (TPSA) is 108 Å². The zero-order valence-corrected chi connectivity index (χ0v) is 19.6. The summed E-state index contributed by atoms with van der Waals surface area (Å²) in [6.45, 7) is 3.36. The van der Waals surface area contributed by atoms with Gasteiger partial charge in [0, 0.05) is 17.0 Å². The molecule has 2 aromatic heterocycles. The van der Waals surface area contributed by atoms with Crippen molar-refractivity contribution in [2.75, 3.05) is 23.8 Å². The molecule has 1 aromatic carbocycles. The molecule has 2 N–H and O–H groups in total. The maximum absolute atomic E-state index is 13.5. The van der Waals surface area contributed by atoms with E-state index < -0.39 is 27.8 Å². The van der Waals surface area contributed by atoms with Crippen molar-refractivity contribution in [3.63, 3.8) is 0 Å². The van der Waals surface area contributed by atoms with E-state index in [4.69, 9.17) is 10.5 Å². The molecule has 0 radical (unpaired) electrons. The zero-order valence-electron chi connectivity index (χ0n) is 18.8. The van der Waals surface area contributed by atoms with Crippen molar-refractivity contribution >= 4 is 15.8 Å². The molecule has 34 heavy (non-hydrogen) atoms. The minimum atomic E-state index is -3.20. The van der Waals surface area contributed by atoms with E-state index in [0.29, 0.717) is 23.2 Å². The van der Waals surface area contributed by atoms with Crippen LogP contribution in [0.5, 0.6) is 5.88 Å². The van der Waals surface area contributed by atoms with Crippen LogP contribution in [0.3, 0.4) is 0 Å². The SMILES string of the molecule is CCCS(=O)(=O)CCCOc1nc(N)nc(-c2ccc(F)cc2)c1-c1cc(C)nc(C(F)F)c1. The molecule has 0 saturated heterocycles. The highest BCUT2D eigenvalue weighted by Crippen LogP contribution is 2.39. The average molecular weight is 495 g/mol. The van der Waals surface area contributed by atoms with Crippen molar-refractivity contribution in [2.45, 2.75) is 33.1 Å². The van der Waals surface area contributed by atoms with Crippen LogP contribution >= 0.6 is 0 Å². The highest BCUT2D eigenvalue weighted by Gasteiger charge is 2.21. The van der Waals surface area contributed by atoms with Gasteiger partial charge in [-0.2, -0.15) is 4.98 Å². The minimum absolute atomic E-state index is 0.00102. The number of nitrogen functional groups attached to an aromatic ring is 1. The lowest BCUT2D eigenvalue weighted by molar-refractivity contribution is 0.146. The number of sulfone groups is 1. The van der Waals surface area contributed by atoms with E-state index in [0.717, 1.165) is 0 Å². The second kappa shape index (κ2) is 10.8. The van der Waals surface area contributed by atoms with Gasteiger partial charge in [0.25, 0.3) is 6.43 Å². The normalized spacial score (nSPS) is 11.7. The monoisotopic (exact) mass is 494 g/mol. The number of nitrogens with zero attached hydrogens (tertiary/aromatic N) is 3. The molecule has 7 nitrogen and oxygen atoms in total. The van der Waals surface area contributed by atoms with Gasteiger partial charge in [0.2, 0.25) is 11.8 Å². The lowest BCUT2D eigenvalue weighted by Gasteiger charge is -2.16. The molecule has 0 atom stereocenters. The minimum Gasteiger partial charge on any atom is -0.477 e. The van der Waals surface area contributed by atoms with Crippen molar-refractivity contribution < 1.29 is 26.3 Å². The zero-order chi connectivity index (χ0) is 24.9. The molecule has 2 heterocycles. The van der Waals surface area contributed by atoms with Gasteiger partial charge in [-0.05, 0) is 61.7 Å². The Morgan fingerprint density at radius 2 is 1.74 bits per heavy atom. The second-order valence-corrected chi connectivity index (χ2v) is 10.00. The number of anilines is 1. The van der Waals surface area contributed by atoms with Gasteiger partial charge in [-0.1, -0.05) is 6.92 Å². The molecule has 0 saturated carbocycles. The Balaban J connectivity index is 2.07. The number of ether oxygens (including phenoxy) is 1. The van der Waals surface area contributed by atoms with Crippen LogP contribution in [0.2, 0.25) is 0 Å². The molecule has 0 bridgehead atoms. The van der Waals surface area contributed by atoms with Crippen LogP contribution in [-0.4, -0.2) is 41.5 Å². The van der Waals surface area contributed by atoms with Crippen LogP contribution in [0.1, 0.15) is 37.6 Å². The summed E-state index contributed by atoms with van der Waals surface area (Å²) < 4.78 is 70.2. The Morgan fingerprint density at radius 3 is 2.38 bits per heavy atom. The number of aryl methyl sites for hydroxylation is 1. The summed E-state index contributed by atoms with van der Waals surface area (Å²) in [4.78, 5) is 12.3. The first kappa shape index (κ1) is 25.4. The van der Waals surface area contributed by atoms with E-state index in [2.05, 4.69) is 15.0 Å².